The summed E-state index contributed by atoms with van der Waals surface area (Å²) in [5.41, 5.74) is 1.09. The van der Waals surface area contributed by atoms with Gasteiger partial charge in [0.05, 0.1) is 0 Å². The molecule has 0 saturated carbocycles. The zero-order valence-electron chi connectivity index (χ0n) is 15.5. The van der Waals surface area contributed by atoms with E-state index in [1.165, 1.54) is 44.9 Å². The molecule has 1 rings (SSSR count). The third-order valence-corrected chi connectivity index (χ3v) is 3.04. The van der Waals surface area contributed by atoms with Gasteiger partial charge in [0, 0.05) is 0 Å². The third-order valence-electron chi connectivity index (χ3n) is 3.04. The number of aryl methyl sites for hydroxylation is 1. The number of hydrogen-bond acceptors (Lipinski definition) is 5. The van der Waals surface area contributed by atoms with Crippen LogP contribution in [0, 0.1) is 0 Å². The van der Waals surface area contributed by atoms with Gasteiger partial charge in [0.15, 0.2) is 0 Å². The first kappa shape index (κ1) is 33.7. The predicted molar refractivity (Wildman–Crippen MR) is 77.4 cm³/mol. The summed E-state index contributed by atoms with van der Waals surface area (Å²) >= 11 is 0. The molecule has 122 valence electrons. The molecule has 24 heavy (non-hydrogen) atoms. The first-order valence-corrected chi connectivity index (χ1v) is 8.80. The Hall–Kier alpha value is 2.13. The molecule has 9 heteroatoms. The summed E-state index contributed by atoms with van der Waals surface area (Å²) in [6, 6.07) is 7.67. The van der Waals surface area contributed by atoms with Gasteiger partial charge >= 0.3 is 88.7 Å². The van der Waals surface area contributed by atoms with Gasteiger partial charge in [0.1, 0.15) is 5.75 Å². The van der Waals surface area contributed by atoms with E-state index in [0.717, 1.165) is 12.0 Å². The van der Waals surface area contributed by atoms with Crippen molar-refractivity contribution in [2.24, 2.45) is 0 Å². The van der Waals surface area contributed by atoms with Crippen molar-refractivity contribution in [3.8, 4) is 5.75 Å². The molecule has 0 aromatic heterocycles. The van der Waals surface area contributed by atoms with E-state index in [4.69, 9.17) is 19.2 Å². The Morgan fingerprint density at radius 2 is 1.29 bits per heavy atom. The normalized spacial score (nSPS) is 9.50. The van der Waals surface area contributed by atoms with Crippen molar-refractivity contribution in [2.45, 2.75) is 58.3 Å². The van der Waals surface area contributed by atoms with Crippen molar-refractivity contribution in [3.05, 3.63) is 29.8 Å². The summed E-state index contributed by atoms with van der Waals surface area (Å²) in [6.07, 6.45) is 10.3. The summed E-state index contributed by atoms with van der Waals surface area (Å²) in [6.45, 7) is 2.25. The predicted octanol–water partition coefficient (Wildman–Crippen LogP) is -7.13. The number of phenolic OH excluding ortho intramolecular Hbond substituents is 1. The molecule has 0 spiro atoms. The molecular weight excluding hydrogens is 360 g/mol. The molecule has 0 aliphatic rings. The van der Waals surface area contributed by atoms with Crippen LogP contribution in [0.15, 0.2) is 24.3 Å². The van der Waals surface area contributed by atoms with Gasteiger partial charge < -0.3 is 24.4 Å². The maximum atomic E-state index is 9.58. The Balaban J connectivity index is -0.000000221. The number of rotatable bonds is 8. The minimum Gasteiger partial charge on any atom is -0.822 e. The van der Waals surface area contributed by atoms with E-state index in [9.17, 15) is 5.11 Å². The van der Waals surface area contributed by atoms with Gasteiger partial charge in [-0.1, -0.05) is 63.6 Å². The molecule has 0 aliphatic carbocycles. The van der Waals surface area contributed by atoms with Gasteiger partial charge in [-0.05, 0) is 24.5 Å². The number of hydrogen-bond donors (Lipinski definition) is 1. The summed E-state index contributed by atoms with van der Waals surface area (Å²) in [7, 11) is -5.39. The summed E-state index contributed by atoms with van der Waals surface area (Å²) < 4.78 is 8.55. The second-order valence-electron chi connectivity index (χ2n) is 4.95. The van der Waals surface area contributed by atoms with Gasteiger partial charge in [0.2, 0.25) is 0 Å². The van der Waals surface area contributed by atoms with Crippen molar-refractivity contribution in [2.75, 3.05) is 0 Å². The number of para-hydroxylation sites is 1. The Kier molecular flexibility index (Phi) is 30.1. The van der Waals surface area contributed by atoms with Crippen molar-refractivity contribution in [3.63, 3.8) is 0 Å². The number of aromatic hydroxyl groups is 1. The smallest absolute Gasteiger partial charge is 0.822 e. The van der Waals surface area contributed by atoms with Crippen molar-refractivity contribution < 1.29 is 113 Å². The Labute approximate surface area is 212 Å². The van der Waals surface area contributed by atoms with E-state index in [-0.39, 0.29) is 88.7 Å². The van der Waals surface area contributed by atoms with Crippen molar-refractivity contribution in [1.29, 1.82) is 0 Å². The second kappa shape index (κ2) is 21.4. The maximum Gasteiger partial charge on any atom is 1.00 e. The van der Waals surface area contributed by atoms with Crippen LogP contribution in [0.5, 0.6) is 5.75 Å². The molecule has 1 N–H and O–H groups in total. The van der Waals surface area contributed by atoms with Crippen LogP contribution in [0.3, 0.4) is 0 Å². The zero-order chi connectivity index (χ0) is 16.1. The topological polar surface area (TPSA) is 106 Å². The monoisotopic (exact) mass is 384 g/mol. The van der Waals surface area contributed by atoms with Crippen LogP contribution in [0.4, 0.5) is 0 Å². The van der Waals surface area contributed by atoms with Crippen LogP contribution >= 0.6 is 7.82 Å². The molecule has 1 aromatic rings. The van der Waals surface area contributed by atoms with Crippen molar-refractivity contribution >= 4 is 7.82 Å². The molecule has 0 radical (unpaired) electrons. The standard InChI is InChI=1S/C15H24O.3Na.H3O4P/c1-2-3-4-5-6-7-8-11-14-12-9-10-13-15(14)16;;;;1-5(2,3)4/h9-10,12-13,16H,2-8,11H2,1H3;;;;(H3,1,2,3,4)/q;3*+1;/p-3. The van der Waals surface area contributed by atoms with Crippen LogP contribution in [0.25, 0.3) is 0 Å². The number of benzene rings is 1. The van der Waals surface area contributed by atoms with Crippen molar-refractivity contribution in [1.82, 2.24) is 0 Å². The van der Waals surface area contributed by atoms with Crippen LogP contribution in [0.1, 0.15) is 57.4 Å². The van der Waals surface area contributed by atoms with Gasteiger partial charge in [-0.2, -0.15) is 7.82 Å². The maximum absolute atomic E-state index is 9.58. The fraction of sp³-hybridized carbons (Fsp3) is 0.600. The van der Waals surface area contributed by atoms with E-state index in [0.29, 0.717) is 5.75 Å². The third kappa shape index (κ3) is 26.4. The first-order valence-electron chi connectivity index (χ1n) is 7.34. The van der Waals surface area contributed by atoms with Crippen LogP contribution in [-0.2, 0) is 11.0 Å². The average Bonchev–Trinajstić information content (AvgIpc) is 2.38. The zero-order valence-corrected chi connectivity index (χ0v) is 22.4. The summed E-state index contributed by atoms with van der Waals surface area (Å²) in [4.78, 5) is 25.6. The second-order valence-corrected chi connectivity index (χ2v) is 5.84. The number of unbranched alkanes of at least 4 members (excludes halogenated alkanes) is 6. The molecule has 0 heterocycles. The van der Waals surface area contributed by atoms with Crippen LogP contribution < -0.4 is 103 Å². The van der Waals surface area contributed by atoms with Gasteiger partial charge in [0.25, 0.3) is 0 Å². The van der Waals surface area contributed by atoms with Gasteiger partial charge in [-0.3, -0.25) is 0 Å². The molecular formula is C15H24Na3O5P. The molecule has 0 atom stereocenters. The van der Waals surface area contributed by atoms with Crippen LogP contribution in [-0.4, -0.2) is 5.11 Å². The molecule has 0 amide bonds. The number of phosphoric acid groups is 1. The molecule has 1 aromatic carbocycles. The van der Waals surface area contributed by atoms with Crippen LogP contribution in [0.2, 0.25) is 0 Å². The van der Waals surface area contributed by atoms with E-state index in [1.807, 2.05) is 18.2 Å². The SMILES string of the molecule is CCCCCCCCCc1ccccc1O.O=P([O-])([O-])[O-].[Na+].[Na+].[Na+]. The summed E-state index contributed by atoms with van der Waals surface area (Å²) in [5, 5.41) is 9.58. The largest absolute Gasteiger partial charge is 1.00 e. The molecule has 0 aliphatic heterocycles. The fourth-order valence-corrected chi connectivity index (χ4v) is 1.99. The van der Waals surface area contributed by atoms with Gasteiger partial charge in [-0.15, -0.1) is 0 Å². The first-order chi connectivity index (χ1) is 9.84. The average molecular weight is 384 g/mol. The minimum absolute atomic E-state index is 0. The molecule has 0 fully saturated rings. The molecule has 5 nitrogen and oxygen atoms in total. The number of phenols is 1. The fourth-order valence-electron chi connectivity index (χ4n) is 1.99. The Morgan fingerprint density at radius 3 is 1.75 bits per heavy atom. The van der Waals surface area contributed by atoms with E-state index in [2.05, 4.69) is 6.92 Å². The van der Waals surface area contributed by atoms with E-state index in [1.54, 1.807) is 6.07 Å². The molecule has 0 unspecified atom stereocenters. The Morgan fingerprint density at radius 1 is 0.875 bits per heavy atom. The van der Waals surface area contributed by atoms with Gasteiger partial charge in [-0.25, -0.2) is 0 Å². The molecule has 0 bridgehead atoms. The minimum atomic E-state index is -5.39. The van der Waals surface area contributed by atoms with E-state index >= 15 is 0 Å². The quantitative estimate of drug-likeness (QED) is 0.272. The summed E-state index contributed by atoms with van der Waals surface area (Å²) in [5.74, 6) is 0.452. The molecule has 0 saturated heterocycles. The van der Waals surface area contributed by atoms with E-state index < -0.39 is 7.82 Å². The Bertz CT molecular complexity index is 421.